The molecule has 1 heterocycles. The largest absolute Gasteiger partial charge is 0.375 e. The average molecular weight is 353 g/mol. The predicted octanol–water partition coefficient (Wildman–Crippen LogP) is 2.30. The van der Waals surface area contributed by atoms with Gasteiger partial charge in [-0.3, -0.25) is 9.59 Å². The summed E-state index contributed by atoms with van der Waals surface area (Å²) in [6, 6.07) is 11.6. The Morgan fingerprint density at radius 3 is 2.62 bits per heavy atom. The second-order valence-electron chi connectivity index (χ2n) is 6.11. The van der Waals surface area contributed by atoms with Crippen LogP contribution in [0.2, 0.25) is 0 Å². The van der Waals surface area contributed by atoms with Crippen LogP contribution in [0.1, 0.15) is 40.5 Å². The summed E-state index contributed by atoms with van der Waals surface area (Å²) in [6.45, 7) is 3.90. The zero-order valence-corrected chi connectivity index (χ0v) is 15.3. The number of pyridine rings is 1. The molecule has 1 unspecified atom stereocenters. The molecule has 6 heteroatoms. The molecule has 136 valence electrons. The summed E-state index contributed by atoms with van der Waals surface area (Å²) in [5, 5.41) is 12.0. The van der Waals surface area contributed by atoms with Crippen molar-refractivity contribution in [2.24, 2.45) is 0 Å². The van der Waals surface area contributed by atoms with E-state index >= 15 is 0 Å². The number of carbonyl (C=O) groups excluding carboxylic acids is 1. The molecule has 2 rings (SSSR count). The molecule has 0 bridgehead atoms. The van der Waals surface area contributed by atoms with E-state index in [1.165, 1.54) is 0 Å². The quantitative estimate of drug-likeness (QED) is 0.798. The molecule has 2 aromatic rings. The Bertz CT molecular complexity index is 866. The standard InChI is InChI=1S/C20H23N3O3/c1-13-16(14(2)23-20(25)17(13)11-21)9-10-19(24)22-12-18(26-3)15-7-5-4-6-8-15/h4-8,18H,9-10,12H2,1-3H3,(H,22,24)(H,23,25). The van der Waals surface area contributed by atoms with E-state index in [0.717, 1.165) is 11.1 Å². The van der Waals surface area contributed by atoms with Crippen LogP contribution < -0.4 is 10.9 Å². The second-order valence-corrected chi connectivity index (χ2v) is 6.11. The number of nitrogens with zero attached hydrogens (tertiary/aromatic N) is 1. The van der Waals surface area contributed by atoms with Gasteiger partial charge < -0.3 is 15.0 Å². The van der Waals surface area contributed by atoms with Crippen LogP contribution in [0.15, 0.2) is 35.1 Å². The van der Waals surface area contributed by atoms with E-state index in [4.69, 9.17) is 10.00 Å². The lowest BCUT2D eigenvalue weighted by Gasteiger charge is -2.17. The first kappa shape index (κ1) is 19.4. The zero-order valence-electron chi connectivity index (χ0n) is 15.3. The highest BCUT2D eigenvalue weighted by Crippen LogP contribution is 2.16. The molecule has 0 aliphatic heterocycles. The molecule has 1 atom stereocenters. The maximum Gasteiger partial charge on any atom is 0.266 e. The lowest BCUT2D eigenvalue weighted by atomic mass is 9.99. The van der Waals surface area contributed by atoms with Crippen LogP contribution in [0.4, 0.5) is 0 Å². The van der Waals surface area contributed by atoms with Gasteiger partial charge in [-0.2, -0.15) is 5.26 Å². The molecular weight excluding hydrogens is 330 g/mol. The summed E-state index contributed by atoms with van der Waals surface area (Å²) in [6.07, 6.45) is 0.517. The van der Waals surface area contributed by atoms with E-state index < -0.39 is 0 Å². The lowest BCUT2D eigenvalue weighted by Crippen LogP contribution is -2.29. The first-order valence-electron chi connectivity index (χ1n) is 8.44. The number of methoxy groups -OCH3 is 1. The number of aromatic nitrogens is 1. The second kappa shape index (κ2) is 8.97. The van der Waals surface area contributed by atoms with Gasteiger partial charge in [0.1, 0.15) is 11.6 Å². The summed E-state index contributed by atoms with van der Waals surface area (Å²) >= 11 is 0. The molecule has 1 aromatic heterocycles. The van der Waals surface area contributed by atoms with E-state index in [2.05, 4.69) is 10.3 Å². The van der Waals surface area contributed by atoms with E-state index in [1.807, 2.05) is 36.4 Å². The molecule has 0 saturated heterocycles. The van der Waals surface area contributed by atoms with E-state index in [-0.39, 0.29) is 29.6 Å². The number of ether oxygens (including phenoxy) is 1. The minimum absolute atomic E-state index is 0.105. The molecule has 0 aliphatic carbocycles. The van der Waals surface area contributed by atoms with Crippen molar-refractivity contribution in [3.8, 4) is 6.07 Å². The number of carbonyl (C=O) groups is 1. The van der Waals surface area contributed by atoms with E-state index in [1.54, 1.807) is 21.0 Å². The maximum absolute atomic E-state index is 12.2. The Morgan fingerprint density at radius 2 is 2.00 bits per heavy atom. The highest BCUT2D eigenvalue weighted by Gasteiger charge is 2.15. The summed E-state index contributed by atoms with van der Waals surface area (Å²) in [4.78, 5) is 26.6. The number of nitrogens with one attached hydrogen (secondary N) is 2. The van der Waals surface area contributed by atoms with Crippen molar-refractivity contribution in [1.29, 1.82) is 5.26 Å². The van der Waals surface area contributed by atoms with Crippen molar-refractivity contribution in [3.63, 3.8) is 0 Å². The fourth-order valence-corrected chi connectivity index (χ4v) is 2.96. The van der Waals surface area contributed by atoms with Crippen LogP contribution >= 0.6 is 0 Å². The molecule has 0 aliphatic rings. The topological polar surface area (TPSA) is 95.0 Å². The van der Waals surface area contributed by atoms with Gasteiger partial charge in [0.25, 0.3) is 5.56 Å². The molecule has 0 radical (unpaired) electrons. The Balaban J connectivity index is 1.97. The molecular formula is C20H23N3O3. The van der Waals surface area contributed by atoms with E-state index in [9.17, 15) is 9.59 Å². The Morgan fingerprint density at radius 1 is 1.31 bits per heavy atom. The van der Waals surface area contributed by atoms with Crippen molar-refractivity contribution < 1.29 is 9.53 Å². The summed E-state index contributed by atoms with van der Waals surface area (Å²) < 4.78 is 5.44. The third-order valence-corrected chi connectivity index (χ3v) is 4.46. The molecule has 2 N–H and O–H groups in total. The van der Waals surface area contributed by atoms with Crippen LogP contribution in [-0.4, -0.2) is 24.5 Å². The fourth-order valence-electron chi connectivity index (χ4n) is 2.96. The van der Waals surface area contributed by atoms with Crippen LogP contribution in [0.3, 0.4) is 0 Å². The van der Waals surface area contributed by atoms with Crippen molar-refractivity contribution in [2.45, 2.75) is 32.8 Å². The number of H-pyrrole nitrogens is 1. The molecule has 0 spiro atoms. The Kier molecular flexibility index (Phi) is 6.70. The number of nitriles is 1. The number of amides is 1. The third-order valence-electron chi connectivity index (χ3n) is 4.46. The van der Waals surface area contributed by atoms with Crippen molar-refractivity contribution in [2.75, 3.05) is 13.7 Å². The maximum atomic E-state index is 12.2. The summed E-state index contributed by atoms with van der Waals surface area (Å²) in [5.41, 5.74) is 2.89. The van der Waals surface area contributed by atoms with Gasteiger partial charge in [0, 0.05) is 25.8 Å². The van der Waals surface area contributed by atoms with Gasteiger partial charge in [0.05, 0.1) is 6.10 Å². The minimum atomic E-state index is -0.388. The number of aromatic amines is 1. The lowest BCUT2D eigenvalue weighted by molar-refractivity contribution is -0.121. The molecule has 1 amide bonds. The highest BCUT2D eigenvalue weighted by atomic mass is 16.5. The van der Waals surface area contributed by atoms with Gasteiger partial charge in [-0.15, -0.1) is 0 Å². The molecule has 6 nitrogen and oxygen atoms in total. The molecule has 0 fully saturated rings. The average Bonchev–Trinajstić information content (AvgIpc) is 2.63. The van der Waals surface area contributed by atoms with Crippen molar-refractivity contribution >= 4 is 5.91 Å². The van der Waals surface area contributed by atoms with Gasteiger partial charge in [0.2, 0.25) is 5.91 Å². The van der Waals surface area contributed by atoms with Crippen LogP contribution in [-0.2, 0) is 16.0 Å². The van der Waals surface area contributed by atoms with Gasteiger partial charge in [0.15, 0.2) is 0 Å². The number of hydrogen-bond acceptors (Lipinski definition) is 4. The normalized spacial score (nSPS) is 11.6. The number of hydrogen-bond donors (Lipinski definition) is 2. The van der Waals surface area contributed by atoms with Crippen LogP contribution in [0.5, 0.6) is 0 Å². The Labute approximate surface area is 152 Å². The smallest absolute Gasteiger partial charge is 0.266 e. The number of aryl methyl sites for hydroxylation is 1. The van der Waals surface area contributed by atoms with Crippen molar-refractivity contribution in [3.05, 3.63) is 68.6 Å². The molecule has 26 heavy (non-hydrogen) atoms. The van der Waals surface area contributed by atoms with Crippen LogP contribution in [0.25, 0.3) is 0 Å². The highest BCUT2D eigenvalue weighted by molar-refractivity contribution is 5.76. The third kappa shape index (κ3) is 4.58. The van der Waals surface area contributed by atoms with Gasteiger partial charge in [-0.25, -0.2) is 0 Å². The van der Waals surface area contributed by atoms with Crippen molar-refractivity contribution in [1.82, 2.24) is 10.3 Å². The SMILES string of the molecule is COC(CNC(=O)CCc1c(C)[nH]c(=O)c(C#N)c1C)c1ccccc1. The zero-order chi connectivity index (χ0) is 19.1. The predicted molar refractivity (Wildman–Crippen MR) is 98.8 cm³/mol. The minimum Gasteiger partial charge on any atom is -0.375 e. The summed E-state index contributed by atoms with van der Waals surface area (Å²) in [5.74, 6) is -0.105. The summed E-state index contributed by atoms with van der Waals surface area (Å²) in [7, 11) is 1.61. The van der Waals surface area contributed by atoms with Gasteiger partial charge in [-0.1, -0.05) is 30.3 Å². The number of benzene rings is 1. The van der Waals surface area contributed by atoms with E-state index in [0.29, 0.717) is 24.2 Å². The van der Waals surface area contributed by atoms with Crippen LogP contribution in [0, 0.1) is 25.2 Å². The number of rotatable bonds is 7. The fraction of sp³-hybridized carbons (Fsp3) is 0.350. The van der Waals surface area contributed by atoms with Gasteiger partial charge >= 0.3 is 0 Å². The monoisotopic (exact) mass is 353 g/mol. The Hall–Kier alpha value is -2.91. The van der Waals surface area contributed by atoms with Gasteiger partial charge in [-0.05, 0) is 37.0 Å². The first-order valence-corrected chi connectivity index (χ1v) is 8.44. The molecule has 0 saturated carbocycles. The molecule has 1 aromatic carbocycles. The first-order chi connectivity index (χ1) is 12.5.